The largest absolute Gasteiger partial charge is 0.491 e. The summed E-state index contributed by atoms with van der Waals surface area (Å²) in [6, 6.07) is 9.56. The van der Waals surface area contributed by atoms with E-state index in [0.717, 1.165) is 0 Å². The molecule has 0 heterocycles. The molecule has 0 radical (unpaired) electrons. The zero-order valence-corrected chi connectivity index (χ0v) is 18.8. The minimum Gasteiger partial charge on any atom is -0.491 e. The normalized spacial score (nSPS) is 11.3. The molecule has 14 heteroatoms. The molecule has 0 spiro atoms. The van der Waals surface area contributed by atoms with Crippen molar-refractivity contribution in [2.45, 2.75) is 12.8 Å². The minimum absolute atomic E-state index is 0.174. The highest BCUT2D eigenvalue weighted by molar-refractivity contribution is 7.86. The van der Waals surface area contributed by atoms with E-state index < -0.39 is 26.0 Å². The van der Waals surface area contributed by atoms with E-state index in [4.69, 9.17) is 41.5 Å². The second kappa shape index (κ2) is 12.2. The van der Waals surface area contributed by atoms with Gasteiger partial charge < -0.3 is 32.4 Å². The summed E-state index contributed by atoms with van der Waals surface area (Å²) in [5, 5.41) is 0. The third-order valence-corrected chi connectivity index (χ3v) is 5.21. The number of hydrogen-bond acceptors (Lipinski definition) is 10. The Hall–Kier alpha value is -2.94. The van der Waals surface area contributed by atoms with E-state index in [1.54, 1.807) is 30.3 Å². The second-order valence-electron chi connectivity index (χ2n) is 6.57. The first-order valence-corrected chi connectivity index (χ1v) is 12.4. The van der Waals surface area contributed by atoms with Crippen LogP contribution < -0.4 is 32.4 Å². The van der Waals surface area contributed by atoms with E-state index >= 15 is 0 Å². The first kappa shape index (κ1) is 27.1. The number of nitrogens with two attached hydrogens (primary N) is 4. The minimum atomic E-state index is -4.01. The molecule has 10 N–H and O–H groups in total. The smallest absolute Gasteiger partial charge is 0.268 e. The molecule has 2 rings (SSSR count). The zero-order valence-electron chi connectivity index (χ0n) is 17.2. The highest BCUT2D eigenvalue weighted by atomic mass is 32.2. The van der Waals surface area contributed by atoms with Crippen LogP contribution in [0.5, 0.6) is 11.5 Å². The van der Waals surface area contributed by atoms with Gasteiger partial charge in [-0.3, -0.25) is 9.11 Å². The van der Waals surface area contributed by atoms with Crippen molar-refractivity contribution in [2.24, 2.45) is 0 Å². The monoisotopic (exact) mass is 492 g/mol. The second-order valence-corrected chi connectivity index (χ2v) is 9.71. The topological polar surface area (TPSA) is 231 Å². The lowest BCUT2D eigenvalue weighted by Gasteiger charge is -2.08. The Labute approximate surface area is 187 Å². The van der Waals surface area contributed by atoms with Gasteiger partial charge in [0.1, 0.15) is 23.9 Å². The van der Waals surface area contributed by atoms with Gasteiger partial charge in [0, 0.05) is 17.4 Å². The third-order valence-electron chi connectivity index (χ3n) is 3.72. The number of rotatable bonds is 10. The van der Waals surface area contributed by atoms with Crippen LogP contribution in [0.2, 0.25) is 0 Å². The van der Waals surface area contributed by atoms with Crippen LogP contribution in [-0.4, -0.2) is 50.7 Å². The van der Waals surface area contributed by atoms with Gasteiger partial charge in [0.2, 0.25) is 0 Å². The molecular formula is C18H28N4O8S2. The van der Waals surface area contributed by atoms with Crippen molar-refractivity contribution in [2.75, 3.05) is 47.7 Å². The van der Waals surface area contributed by atoms with Crippen LogP contribution in [0.15, 0.2) is 36.4 Å². The van der Waals surface area contributed by atoms with Gasteiger partial charge in [0.05, 0.1) is 23.7 Å². The molecule has 2 aromatic rings. The first-order valence-electron chi connectivity index (χ1n) is 9.23. The number of hydrogen-bond donors (Lipinski definition) is 6. The SMILES string of the molecule is Nc1ccc(N)c(OCCS(=O)(=O)O)c1.Nc1ccc(OCCCCS(=O)(=O)O)c(N)c1. The van der Waals surface area contributed by atoms with Crippen LogP contribution in [-0.2, 0) is 20.2 Å². The van der Waals surface area contributed by atoms with Crippen molar-refractivity contribution in [1.29, 1.82) is 0 Å². The van der Waals surface area contributed by atoms with Gasteiger partial charge in [-0.1, -0.05) is 0 Å². The molecule has 2 aromatic carbocycles. The van der Waals surface area contributed by atoms with Crippen LogP contribution in [0.3, 0.4) is 0 Å². The molecule has 0 unspecified atom stereocenters. The number of nitrogen functional groups attached to an aromatic ring is 4. The predicted octanol–water partition coefficient (Wildman–Crippen LogP) is 1.02. The maximum atomic E-state index is 10.4. The van der Waals surface area contributed by atoms with Crippen molar-refractivity contribution in [3.05, 3.63) is 36.4 Å². The summed E-state index contributed by atoms with van der Waals surface area (Å²) in [5.74, 6) is 0.0826. The molecule has 180 valence electrons. The predicted molar refractivity (Wildman–Crippen MR) is 124 cm³/mol. The van der Waals surface area contributed by atoms with E-state index in [9.17, 15) is 16.8 Å². The van der Waals surface area contributed by atoms with Crippen molar-refractivity contribution < 1.29 is 35.4 Å². The summed E-state index contributed by atoms with van der Waals surface area (Å²) in [5.41, 5.74) is 24.0. The molecule has 0 aliphatic rings. The van der Waals surface area contributed by atoms with E-state index in [0.29, 0.717) is 53.7 Å². The molecule has 0 fully saturated rings. The number of unbranched alkanes of at least 4 members (excludes halogenated alkanes) is 1. The van der Waals surface area contributed by atoms with Crippen molar-refractivity contribution in [1.82, 2.24) is 0 Å². The summed E-state index contributed by atoms with van der Waals surface area (Å²) in [4.78, 5) is 0. The summed E-state index contributed by atoms with van der Waals surface area (Å²) in [6.07, 6.45) is 0.858. The highest BCUT2D eigenvalue weighted by Crippen LogP contribution is 2.24. The summed E-state index contributed by atoms with van der Waals surface area (Å²) >= 11 is 0. The zero-order chi connectivity index (χ0) is 24.4. The van der Waals surface area contributed by atoms with Crippen molar-refractivity contribution in [3.8, 4) is 11.5 Å². The van der Waals surface area contributed by atoms with Crippen LogP contribution in [0, 0.1) is 0 Å². The highest BCUT2D eigenvalue weighted by Gasteiger charge is 2.07. The summed E-state index contributed by atoms with van der Waals surface area (Å²) in [7, 11) is -7.89. The number of anilines is 4. The Morgan fingerprint density at radius 2 is 1.22 bits per heavy atom. The lowest BCUT2D eigenvalue weighted by atomic mass is 10.2. The molecule has 0 saturated heterocycles. The summed E-state index contributed by atoms with van der Waals surface area (Å²) < 4.78 is 69.0. The molecule has 0 bridgehead atoms. The Morgan fingerprint density at radius 1 is 0.656 bits per heavy atom. The molecule has 0 aliphatic heterocycles. The molecule has 12 nitrogen and oxygen atoms in total. The van der Waals surface area contributed by atoms with Crippen molar-refractivity contribution in [3.63, 3.8) is 0 Å². The fraction of sp³-hybridized carbons (Fsp3) is 0.333. The van der Waals surface area contributed by atoms with Gasteiger partial charge in [0.25, 0.3) is 20.2 Å². The fourth-order valence-corrected chi connectivity index (χ4v) is 3.06. The molecule has 0 aliphatic carbocycles. The molecular weight excluding hydrogens is 464 g/mol. The average Bonchev–Trinajstić information content (AvgIpc) is 2.64. The Balaban J connectivity index is 0.000000323. The Morgan fingerprint density at radius 3 is 1.81 bits per heavy atom. The van der Waals surface area contributed by atoms with E-state index in [1.807, 2.05) is 0 Å². The van der Waals surface area contributed by atoms with Crippen LogP contribution in [0.1, 0.15) is 12.8 Å². The van der Waals surface area contributed by atoms with Gasteiger partial charge in [-0.2, -0.15) is 16.8 Å². The summed E-state index contributed by atoms with van der Waals surface area (Å²) in [6.45, 7) is 0.163. The fourth-order valence-electron chi connectivity index (χ4n) is 2.20. The van der Waals surface area contributed by atoms with Crippen LogP contribution in [0.25, 0.3) is 0 Å². The number of ether oxygens (including phenoxy) is 2. The van der Waals surface area contributed by atoms with Gasteiger partial charge >= 0.3 is 0 Å². The van der Waals surface area contributed by atoms with Crippen LogP contribution in [0.4, 0.5) is 22.7 Å². The van der Waals surface area contributed by atoms with Crippen molar-refractivity contribution >= 4 is 43.0 Å². The van der Waals surface area contributed by atoms with Gasteiger partial charge in [-0.15, -0.1) is 0 Å². The van der Waals surface area contributed by atoms with E-state index in [-0.39, 0.29) is 12.4 Å². The van der Waals surface area contributed by atoms with Crippen LogP contribution >= 0.6 is 0 Å². The Bertz CT molecular complexity index is 1090. The van der Waals surface area contributed by atoms with Gasteiger partial charge in [-0.05, 0) is 43.2 Å². The average molecular weight is 493 g/mol. The van der Waals surface area contributed by atoms with Gasteiger partial charge in [0.15, 0.2) is 0 Å². The maximum absolute atomic E-state index is 10.4. The molecule has 0 atom stereocenters. The maximum Gasteiger partial charge on any atom is 0.268 e. The standard InChI is InChI=1S/C10H16N2O4S.C8H12N2O4S/c11-8-3-4-10(9(12)7-8)16-5-1-2-6-17(13,14)15;9-6-1-2-7(10)8(5-6)14-3-4-15(11,12)13/h3-4,7H,1-2,5-6,11-12H2,(H,13,14,15);1-2,5H,3-4,9-10H2,(H,11,12,13). The molecule has 32 heavy (non-hydrogen) atoms. The first-order chi connectivity index (χ1) is 14.8. The molecule has 0 amide bonds. The lowest BCUT2D eigenvalue weighted by Crippen LogP contribution is -2.13. The number of benzene rings is 2. The lowest BCUT2D eigenvalue weighted by molar-refractivity contribution is 0.310. The quantitative estimate of drug-likeness (QED) is 0.155. The van der Waals surface area contributed by atoms with Gasteiger partial charge in [-0.25, -0.2) is 0 Å². The Kier molecular flexibility index (Phi) is 10.3. The molecule has 0 aromatic heterocycles. The molecule has 0 saturated carbocycles. The third kappa shape index (κ3) is 12.0. The van der Waals surface area contributed by atoms with E-state index in [2.05, 4.69) is 0 Å². The van der Waals surface area contributed by atoms with E-state index in [1.165, 1.54) is 6.07 Å².